The number of aliphatic hydroxyl groups is 3. The van der Waals surface area contributed by atoms with E-state index in [1.165, 1.54) is 6.92 Å². The first-order valence-corrected chi connectivity index (χ1v) is 7.95. The predicted octanol–water partition coefficient (Wildman–Crippen LogP) is -0.991. The normalized spacial score (nSPS) is 31.3. The molecular weight excluding hydrogens is 306 g/mol. The van der Waals surface area contributed by atoms with Gasteiger partial charge in [-0.1, -0.05) is 13.8 Å². The van der Waals surface area contributed by atoms with Crippen molar-refractivity contribution in [1.29, 1.82) is 0 Å². The Hall–Kier alpha value is -0.770. The zero-order valence-corrected chi connectivity index (χ0v) is 14.0. The summed E-state index contributed by atoms with van der Waals surface area (Å²) >= 11 is 0. The van der Waals surface area contributed by atoms with Crippen molar-refractivity contribution in [2.45, 2.75) is 57.8 Å². The standard InChI is InChI=1S/C15H29NO7/c1-9(2)4-5-21-6-7-22-15-12(16-10(3)18)14(20)13(19)11(8-17)23-15/h9,11-15,17,19-20H,4-8H2,1-3H3,(H,16,18)/t11-,12-,13+,14-,15+/m0/s1. The summed E-state index contributed by atoms with van der Waals surface area (Å²) in [6.45, 7) is 6.23. The molecule has 0 spiro atoms. The number of aliphatic hydroxyl groups excluding tert-OH is 3. The number of amides is 1. The van der Waals surface area contributed by atoms with Gasteiger partial charge in [-0.05, 0) is 12.3 Å². The number of hydrogen-bond acceptors (Lipinski definition) is 7. The Morgan fingerprint density at radius 1 is 1.22 bits per heavy atom. The van der Waals surface area contributed by atoms with Crippen molar-refractivity contribution in [1.82, 2.24) is 5.32 Å². The number of ether oxygens (including phenoxy) is 3. The van der Waals surface area contributed by atoms with Gasteiger partial charge < -0.3 is 34.8 Å². The molecule has 0 unspecified atom stereocenters. The molecule has 8 nitrogen and oxygen atoms in total. The maximum absolute atomic E-state index is 11.3. The van der Waals surface area contributed by atoms with E-state index < -0.39 is 37.3 Å². The van der Waals surface area contributed by atoms with Crippen LogP contribution in [-0.4, -0.2) is 78.3 Å². The van der Waals surface area contributed by atoms with Crippen LogP contribution in [0.3, 0.4) is 0 Å². The van der Waals surface area contributed by atoms with E-state index in [1.54, 1.807) is 0 Å². The van der Waals surface area contributed by atoms with Crippen LogP contribution in [0.4, 0.5) is 0 Å². The molecule has 0 aromatic heterocycles. The van der Waals surface area contributed by atoms with Crippen molar-refractivity contribution in [3.8, 4) is 0 Å². The van der Waals surface area contributed by atoms with Crippen molar-refractivity contribution in [3.63, 3.8) is 0 Å². The smallest absolute Gasteiger partial charge is 0.217 e. The van der Waals surface area contributed by atoms with Gasteiger partial charge in [-0.15, -0.1) is 0 Å². The summed E-state index contributed by atoms with van der Waals surface area (Å²) in [5, 5.41) is 31.7. The van der Waals surface area contributed by atoms with Crippen molar-refractivity contribution in [2.75, 3.05) is 26.4 Å². The van der Waals surface area contributed by atoms with Gasteiger partial charge in [-0.25, -0.2) is 0 Å². The van der Waals surface area contributed by atoms with Crippen LogP contribution in [0.5, 0.6) is 0 Å². The van der Waals surface area contributed by atoms with E-state index >= 15 is 0 Å². The highest BCUT2D eigenvalue weighted by atomic mass is 16.7. The molecule has 4 N–H and O–H groups in total. The van der Waals surface area contributed by atoms with E-state index in [-0.39, 0.29) is 12.5 Å². The maximum Gasteiger partial charge on any atom is 0.217 e. The highest BCUT2D eigenvalue weighted by Gasteiger charge is 2.45. The summed E-state index contributed by atoms with van der Waals surface area (Å²) < 4.78 is 16.4. The van der Waals surface area contributed by atoms with Gasteiger partial charge in [0.15, 0.2) is 6.29 Å². The summed E-state index contributed by atoms with van der Waals surface area (Å²) in [6.07, 6.45) is -3.59. The minimum absolute atomic E-state index is 0.208. The molecule has 8 heteroatoms. The first-order chi connectivity index (χ1) is 10.9. The molecule has 0 radical (unpaired) electrons. The summed E-state index contributed by atoms with van der Waals surface area (Å²) in [4.78, 5) is 11.3. The van der Waals surface area contributed by atoms with Crippen LogP contribution in [0.15, 0.2) is 0 Å². The van der Waals surface area contributed by atoms with Gasteiger partial charge in [0.05, 0.1) is 19.8 Å². The van der Waals surface area contributed by atoms with Gasteiger partial charge in [0.25, 0.3) is 0 Å². The van der Waals surface area contributed by atoms with Crippen molar-refractivity contribution < 1.29 is 34.3 Å². The second kappa shape index (κ2) is 10.2. The van der Waals surface area contributed by atoms with E-state index in [4.69, 9.17) is 14.2 Å². The quantitative estimate of drug-likeness (QED) is 0.400. The summed E-state index contributed by atoms with van der Waals surface area (Å²) in [6, 6.07) is -0.916. The molecule has 1 heterocycles. The molecule has 0 saturated carbocycles. The second-order valence-electron chi connectivity index (χ2n) is 6.10. The molecule has 136 valence electrons. The fourth-order valence-electron chi connectivity index (χ4n) is 2.26. The second-order valence-corrected chi connectivity index (χ2v) is 6.10. The average Bonchev–Trinajstić information content (AvgIpc) is 2.48. The Labute approximate surface area is 136 Å². The Kier molecular flexibility index (Phi) is 8.96. The van der Waals surface area contributed by atoms with Gasteiger partial charge in [0.1, 0.15) is 24.4 Å². The maximum atomic E-state index is 11.3. The third-order valence-electron chi connectivity index (χ3n) is 3.60. The van der Waals surface area contributed by atoms with Gasteiger partial charge in [0.2, 0.25) is 5.91 Å². The lowest BCUT2D eigenvalue weighted by molar-refractivity contribution is -0.272. The van der Waals surface area contributed by atoms with Crippen molar-refractivity contribution >= 4 is 5.91 Å². The van der Waals surface area contributed by atoms with Crippen LogP contribution in [-0.2, 0) is 19.0 Å². The van der Waals surface area contributed by atoms with Crippen molar-refractivity contribution in [3.05, 3.63) is 0 Å². The van der Waals surface area contributed by atoms with Crippen LogP contribution in [0.25, 0.3) is 0 Å². The van der Waals surface area contributed by atoms with Gasteiger partial charge >= 0.3 is 0 Å². The Balaban J connectivity index is 2.48. The molecule has 1 aliphatic rings. The minimum atomic E-state index is -1.31. The molecule has 1 fully saturated rings. The lowest BCUT2D eigenvalue weighted by Crippen LogP contribution is -2.64. The topological polar surface area (TPSA) is 117 Å². The zero-order chi connectivity index (χ0) is 17.4. The van der Waals surface area contributed by atoms with Crippen LogP contribution in [0.1, 0.15) is 27.2 Å². The molecule has 1 amide bonds. The summed E-state index contributed by atoms with van der Waals surface area (Å²) in [7, 11) is 0. The number of carbonyl (C=O) groups is 1. The molecule has 0 aromatic carbocycles. The van der Waals surface area contributed by atoms with E-state index in [9.17, 15) is 20.1 Å². The highest BCUT2D eigenvalue weighted by Crippen LogP contribution is 2.22. The van der Waals surface area contributed by atoms with Crippen LogP contribution in [0, 0.1) is 5.92 Å². The van der Waals surface area contributed by atoms with E-state index in [0.717, 1.165) is 6.42 Å². The van der Waals surface area contributed by atoms with E-state index in [1.807, 2.05) is 0 Å². The van der Waals surface area contributed by atoms with E-state index in [0.29, 0.717) is 19.1 Å². The number of nitrogens with one attached hydrogen (secondary N) is 1. The number of hydrogen-bond donors (Lipinski definition) is 4. The van der Waals surface area contributed by atoms with Gasteiger partial charge in [-0.2, -0.15) is 0 Å². The number of rotatable bonds is 9. The fraction of sp³-hybridized carbons (Fsp3) is 0.933. The molecule has 5 atom stereocenters. The van der Waals surface area contributed by atoms with Crippen molar-refractivity contribution in [2.24, 2.45) is 5.92 Å². The molecule has 1 saturated heterocycles. The Morgan fingerprint density at radius 3 is 2.48 bits per heavy atom. The lowest BCUT2D eigenvalue weighted by Gasteiger charge is -2.42. The molecule has 0 aromatic rings. The number of carbonyl (C=O) groups excluding carboxylic acids is 1. The minimum Gasteiger partial charge on any atom is -0.394 e. The highest BCUT2D eigenvalue weighted by molar-refractivity contribution is 5.73. The molecule has 23 heavy (non-hydrogen) atoms. The van der Waals surface area contributed by atoms with Gasteiger partial charge in [-0.3, -0.25) is 4.79 Å². The molecule has 0 aliphatic carbocycles. The van der Waals surface area contributed by atoms with Crippen LogP contribution < -0.4 is 5.32 Å². The SMILES string of the molecule is CC(=O)N[C@@H]1[C@H](OCCOCCC(C)C)O[C@@H](CO)[C@@H](O)[C@H]1O. The molecular formula is C15H29NO7. The summed E-state index contributed by atoms with van der Waals surface area (Å²) in [5.74, 6) is 0.178. The third-order valence-corrected chi connectivity index (χ3v) is 3.60. The Morgan fingerprint density at radius 2 is 1.91 bits per heavy atom. The fourth-order valence-corrected chi connectivity index (χ4v) is 2.26. The monoisotopic (exact) mass is 335 g/mol. The Bertz CT molecular complexity index is 353. The third kappa shape index (κ3) is 6.70. The molecule has 1 aliphatic heterocycles. The molecule has 0 bridgehead atoms. The summed E-state index contributed by atoms with van der Waals surface area (Å²) in [5.41, 5.74) is 0. The van der Waals surface area contributed by atoms with Crippen LogP contribution in [0.2, 0.25) is 0 Å². The largest absolute Gasteiger partial charge is 0.394 e. The van der Waals surface area contributed by atoms with Gasteiger partial charge in [0, 0.05) is 13.5 Å². The first-order valence-electron chi connectivity index (χ1n) is 7.95. The van der Waals surface area contributed by atoms with Crippen LogP contribution >= 0.6 is 0 Å². The average molecular weight is 335 g/mol. The lowest BCUT2D eigenvalue weighted by atomic mass is 9.97. The first kappa shape index (κ1) is 20.3. The zero-order valence-electron chi connectivity index (χ0n) is 14.0. The van der Waals surface area contributed by atoms with E-state index in [2.05, 4.69) is 19.2 Å². The molecule has 1 rings (SSSR count). The predicted molar refractivity (Wildman–Crippen MR) is 81.6 cm³/mol.